The van der Waals surface area contributed by atoms with E-state index in [0.29, 0.717) is 0 Å². The van der Waals surface area contributed by atoms with Gasteiger partial charge < -0.3 is 5.32 Å². The first-order valence-corrected chi connectivity index (χ1v) is 8.24. The van der Waals surface area contributed by atoms with E-state index in [1.54, 1.807) is 4.90 Å². The number of nitrogens with one attached hydrogen (secondary N) is 1. The van der Waals surface area contributed by atoms with Crippen molar-refractivity contribution in [1.29, 1.82) is 0 Å². The summed E-state index contributed by atoms with van der Waals surface area (Å²) < 4.78 is 0. The molecule has 112 valence electrons. The van der Waals surface area contributed by atoms with Crippen LogP contribution in [0.15, 0.2) is 30.3 Å². The molecule has 0 unspecified atom stereocenters. The van der Waals surface area contributed by atoms with Crippen LogP contribution in [0.2, 0.25) is 0 Å². The number of carbonyl (C=O) groups is 1. The molecule has 4 aliphatic rings. The normalized spacial score (nSPS) is 36.5. The lowest BCUT2D eigenvalue weighted by atomic mass is 9.53. The maximum Gasteiger partial charge on any atom is 0.322 e. The Balaban J connectivity index is 1.49. The number of hydrogen-bond donors (Lipinski definition) is 1. The van der Waals surface area contributed by atoms with Gasteiger partial charge in [0.15, 0.2) is 0 Å². The number of amides is 2. The standard InChI is InChI=1S/C18H24N2O/c1-20(16-5-3-2-4-6-16)17(21)19-18-10-13-7-14(11-18)9-15(8-13)12-18/h2-6,13-15H,7-12H2,1H3,(H,19,21). The van der Waals surface area contributed by atoms with Crippen LogP contribution in [0.5, 0.6) is 0 Å². The second-order valence-electron chi connectivity index (χ2n) is 7.52. The summed E-state index contributed by atoms with van der Waals surface area (Å²) >= 11 is 0. The molecule has 0 aromatic heterocycles. The third kappa shape index (κ3) is 2.33. The Morgan fingerprint density at radius 2 is 1.57 bits per heavy atom. The minimum atomic E-state index is 0.0585. The second kappa shape index (κ2) is 4.75. The summed E-state index contributed by atoms with van der Waals surface area (Å²) in [4.78, 5) is 14.4. The van der Waals surface area contributed by atoms with Gasteiger partial charge >= 0.3 is 6.03 Å². The summed E-state index contributed by atoms with van der Waals surface area (Å²) in [5.74, 6) is 2.58. The first-order valence-electron chi connectivity index (χ1n) is 8.24. The fraction of sp³-hybridized carbons (Fsp3) is 0.611. The van der Waals surface area contributed by atoms with Gasteiger partial charge in [0.2, 0.25) is 0 Å². The van der Waals surface area contributed by atoms with Crippen molar-refractivity contribution in [2.75, 3.05) is 11.9 Å². The zero-order valence-corrected chi connectivity index (χ0v) is 12.7. The maximum absolute atomic E-state index is 12.6. The van der Waals surface area contributed by atoms with Crippen LogP contribution < -0.4 is 10.2 Å². The van der Waals surface area contributed by atoms with Gasteiger partial charge in [-0.15, -0.1) is 0 Å². The zero-order chi connectivity index (χ0) is 14.4. The van der Waals surface area contributed by atoms with Gasteiger partial charge in [-0.05, 0) is 68.4 Å². The quantitative estimate of drug-likeness (QED) is 0.880. The molecular formula is C18H24N2O. The minimum absolute atomic E-state index is 0.0585. The van der Waals surface area contributed by atoms with Gasteiger partial charge in [0.1, 0.15) is 0 Å². The first-order chi connectivity index (χ1) is 10.1. The fourth-order valence-corrected chi connectivity index (χ4v) is 5.34. The Morgan fingerprint density at radius 3 is 2.10 bits per heavy atom. The van der Waals surface area contributed by atoms with Crippen LogP contribution in [0.3, 0.4) is 0 Å². The number of carbonyl (C=O) groups excluding carboxylic acids is 1. The lowest BCUT2D eigenvalue weighted by Crippen LogP contribution is -2.61. The molecule has 1 N–H and O–H groups in total. The van der Waals surface area contributed by atoms with Crippen LogP contribution in [0.4, 0.5) is 10.5 Å². The molecule has 1 aromatic rings. The topological polar surface area (TPSA) is 32.3 Å². The molecule has 3 heteroatoms. The molecule has 21 heavy (non-hydrogen) atoms. The third-order valence-corrected chi connectivity index (χ3v) is 5.86. The van der Waals surface area contributed by atoms with Crippen molar-refractivity contribution in [2.45, 2.75) is 44.1 Å². The Bertz CT molecular complexity index is 504. The van der Waals surface area contributed by atoms with Gasteiger partial charge in [-0.2, -0.15) is 0 Å². The van der Waals surface area contributed by atoms with Gasteiger partial charge in [-0.25, -0.2) is 4.79 Å². The van der Waals surface area contributed by atoms with Gasteiger partial charge in [0.25, 0.3) is 0 Å². The van der Waals surface area contributed by atoms with E-state index < -0.39 is 0 Å². The minimum Gasteiger partial charge on any atom is -0.332 e. The van der Waals surface area contributed by atoms with Crippen LogP contribution in [-0.2, 0) is 0 Å². The van der Waals surface area contributed by atoms with Crippen LogP contribution in [0.25, 0.3) is 0 Å². The van der Waals surface area contributed by atoms with E-state index in [0.717, 1.165) is 23.4 Å². The molecule has 0 atom stereocenters. The summed E-state index contributed by atoms with van der Waals surface area (Å²) in [6, 6.07) is 9.96. The Kier molecular flexibility index (Phi) is 2.98. The number of urea groups is 1. The second-order valence-corrected chi connectivity index (χ2v) is 7.52. The molecular weight excluding hydrogens is 260 g/mol. The van der Waals surface area contributed by atoms with Gasteiger partial charge in [0, 0.05) is 18.3 Å². The molecule has 0 heterocycles. The largest absolute Gasteiger partial charge is 0.332 e. The van der Waals surface area contributed by atoms with Gasteiger partial charge in [-0.1, -0.05) is 18.2 Å². The van der Waals surface area contributed by atoms with E-state index in [-0.39, 0.29) is 11.6 Å². The molecule has 4 aliphatic carbocycles. The van der Waals surface area contributed by atoms with Crippen molar-refractivity contribution in [1.82, 2.24) is 5.32 Å². The molecule has 0 spiro atoms. The van der Waals surface area contributed by atoms with Crippen molar-refractivity contribution in [3.8, 4) is 0 Å². The SMILES string of the molecule is CN(C(=O)NC12CC3CC(CC(C3)C1)C2)c1ccccc1. The number of rotatable bonds is 2. The highest BCUT2D eigenvalue weighted by atomic mass is 16.2. The predicted molar refractivity (Wildman–Crippen MR) is 84.3 cm³/mol. The van der Waals surface area contributed by atoms with E-state index in [1.165, 1.54) is 38.5 Å². The lowest BCUT2D eigenvalue weighted by Gasteiger charge is -2.57. The monoisotopic (exact) mass is 284 g/mol. The summed E-state index contributed by atoms with van der Waals surface area (Å²) in [6.45, 7) is 0. The smallest absolute Gasteiger partial charge is 0.322 e. The van der Waals surface area contributed by atoms with Crippen molar-refractivity contribution in [3.05, 3.63) is 30.3 Å². The first kappa shape index (κ1) is 13.2. The lowest BCUT2D eigenvalue weighted by molar-refractivity contribution is -0.0130. The molecule has 0 aliphatic heterocycles. The predicted octanol–water partition coefficient (Wildman–Crippen LogP) is 3.80. The number of benzene rings is 1. The summed E-state index contributed by atoms with van der Waals surface area (Å²) in [5, 5.41) is 3.41. The van der Waals surface area contributed by atoms with Crippen LogP contribution in [0, 0.1) is 17.8 Å². The summed E-state index contributed by atoms with van der Waals surface area (Å²) in [6.07, 6.45) is 7.82. The molecule has 4 bridgehead atoms. The van der Waals surface area contributed by atoms with Gasteiger partial charge in [0.05, 0.1) is 0 Å². The fourth-order valence-electron chi connectivity index (χ4n) is 5.34. The average molecular weight is 284 g/mol. The highest BCUT2D eigenvalue weighted by Gasteiger charge is 2.51. The molecule has 1 aromatic carbocycles. The average Bonchev–Trinajstić information content (AvgIpc) is 2.45. The van der Waals surface area contributed by atoms with Crippen molar-refractivity contribution < 1.29 is 4.79 Å². The number of anilines is 1. The zero-order valence-electron chi connectivity index (χ0n) is 12.7. The number of nitrogens with zero attached hydrogens (tertiary/aromatic N) is 1. The number of hydrogen-bond acceptors (Lipinski definition) is 1. The van der Waals surface area contributed by atoms with E-state index >= 15 is 0 Å². The van der Waals surface area contributed by atoms with Crippen LogP contribution >= 0.6 is 0 Å². The Labute approximate surface area is 126 Å². The molecule has 4 fully saturated rings. The highest BCUT2D eigenvalue weighted by Crippen LogP contribution is 2.55. The summed E-state index contributed by atoms with van der Waals surface area (Å²) in [7, 11) is 1.87. The van der Waals surface area contributed by atoms with Crippen molar-refractivity contribution >= 4 is 11.7 Å². The van der Waals surface area contributed by atoms with Crippen LogP contribution in [-0.4, -0.2) is 18.6 Å². The van der Waals surface area contributed by atoms with Crippen molar-refractivity contribution in [2.24, 2.45) is 17.8 Å². The molecule has 2 amide bonds. The highest BCUT2D eigenvalue weighted by molar-refractivity contribution is 5.91. The molecule has 4 saturated carbocycles. The Morgan fingerprint density at radius 1 is 1.05 bits per heavy atom. The molecule has 0 radical (unpaired) electrons. The van der Waals surface area contributed by atoms with E-state index in [9.17, 15) is 4.79 Å². The van der Waals surface area contributed by atoms with E-state index in [4.69, 9.17) is 0 Å². The van der Waals surface area contributed by atoms with E-state index in [1.807, 2.05) is 37.4 Å². The van der Waals surface area contributed by atoms with Crippen molar-refractivity contribution in [3.63, 3.8) is 0 Å². The maximum atomic E-state index is 12.6. The van der Waals surface area contributed by atoms with Gasteiger partial charge in [-0.3, -0.25) is 4.90 Å². The third-order valence-electron chi connectivity index (χ3n) is 5.86. The summed E-state index contributed by atoms with van der Waals surface area (Å²) in [5.41, 5.74) is 1.05. The molecule has 3 nitrogen and oxygen atoms in total. The number of para-hydroxylation sites is 1. The van der Waals surface area contributed by atoms with Crippen LogP contribution in [0.1, 0.15) is 38.5 Å². The molecule has 0 saturated heterocycles. The Hall–Kier alpha value is -1.51. The molecule has 5 rings (SSSR count). The van der Waals surface area contributed by atoms with E-state index in [2.05, 4.69) is 5.32 Å².